The molecule has 116 valence electrons. The molecule has 1 amide bonds. The summed E-state index contributed by atoms with van der Waals surface area (Å²) in [6.45, 7) is 4.16. The van der Waals surface area contributed by atoms with Gasteiger partial charge in [-0.3, -0.25) is 4.79 Å². The second-order valence-electron chi connectivity index (χ2n) is 4.79. The van der Waals surface area contributed by atoms with Gasteiger partial charge in [0.05, 0.1) is 10.6 Å². The topological polar surface area (TPSA) is 68.0 Å². The number of primary amides is 1. The summed E-state index contributed by atoms with van der Waals surface area (Å²) in [5.74, 6) is 1.04. The van der Waals surface area contributed by atoms with Gasteiger partial charge in [-0.15, -0.1) is 11.8 Å². The van der Waals surface area contributed by atoms with Crippen LogP contribution in [0.5, 0.6) is 0 Å². The molecule has 1 heterocycles. The number of hydrogen-bond donors (Lipinski definition) is 2. The van der Waals surface area contributed by atoms with Crippen LogP contribution in [0.3, 0.4) is 0 Å². The number of rotatable bonds is 6. The Morgan fingerprint density at radius 2 is 2.09 bits per heavy atom. The van der Waals surface area contributed by atoms with Crippen LogP contribution in [0.25, 0.3) is 0 Å². The number of benzene rings is 1. The van der Waals surface area contributed by atoms with Crippen molar-refractivity contribution in [2.24, 2.45) is 5.73 Å². The first-order chi connectivity index (χ1) is 10.5. The number of amides is 1. The summed E-state index contributed by atoms with van der Waals surface area (Å²) in [5.41, 5.74) is 6.64. The average molecular weight is 336 g/mol. The normalized spacial score (nSPS) is 12.0. The van der Waals surface area contributed by atoms with E-state index < -0.39 is 5.91 Å². The number of carbonyl (C=O) groups is 1. The summed E-state index contributed by atoms with van der Waals surface area (Å²) < 4.78 is 0. The molecule has 1 aromatic heterocycles. The fraction of sp³-hybridized carbons (Fsp3) is 0.250. The number of nitrogens with one attached hydrogen (secondary N) is 1. The summed E-state index contributed by atoms with van der Waals surface area (Å²) in [4.78, 5) is 16.5. The lowest BCUT2D eigenvalue weighted by Crippen LogP contribution is -2.13. The summed E-state index contributed by atoms with van der Waals surface area (Å²) >= 11 is 7.94. The maximum Gasteiger partial charge on any atom is 0.250 e. The highest BCUT2D eigenvalue weighted by Crippen LogP contribution is 2.26. The van der Waals surface area contributed by atoms with Crippen LogP contribution in [0.2, 0.25) is 5.02 Å². The Kier molecular flexibility index (Phi) is 5.69. The van der Waals surface area contributed by atoms with Crippen LogP contribution in [0, 0.1) is 0 Å². The van der Waals surface area contributed by atoms with E-state index in [1.54, 1.807) is 0 Å². The Bertz CT molecular complexity index is 661. The van der Waals surface area contributed by atoms with Crippen molar-refractivity contribution < 1.29 is 4.79 Å². The Morgan fingerprint density at radius 3 is 2.64 bits per heavy atom. The average Bonchev–Trinajstić information content (AvgIpc) is 2.50. The quantitative estimate of drug-likeness (QED) is 0.779. The van der Waals surface area contributed by atoms with Crippen LogP contribution in [0.4, 0.5) is 5.82 Å². The lowest BCUT2D eigenvalue weighted by atomic mass is 10.1. The molecule has 0 aliphatic heterocycles. The van der Waals surface area contributed by atoms with Crippen molar-refractivity contribution in [1.82, 2.24) is 4.98 Å². The summed E-state index contributed by atoms with van der Waals surface area (Å²) in [7, 11) is 0. The van der Waals surface area contributed by atoms with Gasteiger partial charge in [-0.25, -0.2) is 4.98 Å². The van der Waals surface area contributed by atoms with E-state index in [0.29, 0.717) is 16.4 Å². The Morgan fingerprint density at radius 1 is 1.41 bits per heavy atom. The maximum absolute atomic E-state index is 11.1. The molecule has 0 aliphatic rings. The van der Waals surface area contributed by atoms with Gasteiger partial charge in [-0.2, -0.15) is 0 Å². The van der Waals surface area contributed by atoms with Gasteiger partial charge in [0, 0.05) is 17.1 Å². The standard InChI is InChI=1S/C16H18ClN3OS/c1-3-22-13-6-4-11(5-7-13)10(2)20-16-14(17)8-12(9-19-16)15(18)21/h4-10H,3H2,1-2H3,(H2,18,21)(H,19,20). The number of anilines is 1. The first-order valence-electron chi connectivity index (χ1n) is 6.96. The largest absolute Gasteiger partial charge is 0.366 e. The smallest absolute Gasteiger partial charge is 0.250 e. The summed E-state index contributed by atoms with van der Waals surface area (Å²) in [5, 5.41) is 3.62. The lowest BCUT2D eigenvalue weighted by molar-refractivity contribution is 0.1000. The molecular weight excluding hydrogens is 318 g/mol. The van der Waals surface area contributed by atoms with Crippen LogP contribution in [-0.2, 0) is 0 Å². The second kappa shape index (κ2) is 7.51. The zero-order chi connectivity index (χ0) is 16.1. The molecule has 0 saturated heterocycles. The Labute approximate surface area is 139 Å². The van der Waals surface area contributed by atoms with Crippen LogP contribution in [0.1, 0.15) is 35.8 Å². The van der Waals surface area contributed by atoms with Gasteiger partial charge >= 0.3 is 0 Å². The van der Waals surface area contributed by atoms with Crippen molar-refractivity contribution in [1.29, 1.82) is 0 Å². The zero-order valence-electron chi connectivity index (χ0n) is 12.5. The summed E-state index contributed by atoms with van der Waals surface area (Å²) in [6, 6.07) is 9.94. The molecular formula is C16H18ClN3OS. The van der Waals surface area contributed by atoms with Crippen LogP contribution < -0.4 is 11.1 Å². The van der Waals surface area contributed by atoms with E-state index in [1.165, 1.54) is 17.2 Å². The zero-order valence-corrected chi connectivity index (χ0v) is 14.0. The number of aromatic nitrogens is 1. The third-order valence-corrected chi connectivity index (χ3v) is 4.35. The van der Waals surface area contributed by atoms with Crippen molar-refractivity contribution in [2.45, 2.75) is 24.8 Å². The fourth-order valence-electron chi connectivity index (χ4n) is 1.99. The van der Waals surface area contributed by atoms with E-state index in [2.05, 4.69) is 41.5 Å². The molecule has 4 nitrogen and oxygen atoms in total. The van der Waals surface area contributed by atoms with Crippen LogP contribution in [-0.4, -0.2) is 16.6 Å². The van der Waals surface area contributed by atoms with Gasteiger partial charge in [-0.05, 0) is 36.4 Å². The number of nitrogens with zero attached hydrogens (tertiary/aromatic N) is 1. The maximum atomic E-state index is 11.1. The first kappa shape index (κ1) is 16.6. The number of nitrogens with two attached hydrogens (primary N) is 1. The van der Waals surface area contributed by atoms with Gasteiger partial charge in [-0.1, -0.05) is 30.7 Å². The van der Waals surface area contributed by atoms with Gasteiger partial charge in [0.15, 0.2) is 0 Å². The van der Waals surface area contributed by atoms with E-state index in [-0.39, 0.29) is 6.04 Å². The van der Waals surface area contributed by atoms with E-state index in [1.807, 2.05) is 18.7 Å². The minimum atomic E-state index is -0.544. The number of thioether (sulfide) groups is 1. The minimum absolute atomic E-state index is 0.0464. The van der Waals surface area contributed by atoms with Crippen LogP contribution >= 0.6 is 23.4 Å². The Balaban J connectivity index is 2.11. The molecule has 0 saturated carbocycles. The Hall–Kier alpha value is -1.72. The number of pyridine rings is 1. The molecule has 3 N–H and O–H groups in total. The number of hydrogen-bond acceptors (Lipinski definition) is 4. The van der Waals surface area contributed by atoms with Crippen molar-refractivity contribution in [3.63, 3.8) is 0 Å². The predicted molar refractivity (Wildman–Crippen MR) is 92.6 cm³/mol. The van der Waals surface area contributed by atoms with E-state index in [9.17, 15) is 4.79 Å². The van der Waals surface area contributed by atoms with Crippen molar-refractivity contribution in [3.8, 4) is 0 Å². The van der Waals surface area contributed by atoms with Crippen molar-refractivity contribution in [2.75, 3.05) is 11.1 Å². The molecule has 0 bridgehead atoms. The monoisotopic (exact) mass is 335 g/mol. The summed E-state index contributed by atoms with van der Waals surface area (Å²) in [6.07, 6.45) is 1.42. The molecule has 22 heavy (non-hydrogen) atoms. The molecule has 0 aliphatic carbocycles. The molecule has 0 spiro atoms. The second-order valence-corrected chi connectivity index (χ2v) is 6.53. The van der Waals surface area contributed by atoms with E-state index in [0.717, 1.165) is 11.3 Å². The molecule has 6 heteroatoms. The predicted octanol–water partition coefficient (Wildman–Crippen LogP) is 4.12. The third kappa shape index (κ3) is 4.15. The van der Waals surface area contributed by atoms with Gasteiger partial charge in [0.2, 0.25) is 5.91 Å². The van der Waals surface area contributed by atoms with Crippen LogP contribution in [0.15, 0.2) is 41.4 Å². The molecule has 1 aromatic carbocycles. The molecule has 0 radical (unpaired) electrons. The fourth-order valence-corrected chi connectivity index (χ4v) is 2.87. The van der Waals surface area contributed by atoms with E-state index in [4.69, 9.17) is 17.3 Å². The highest BCUT2D eigenvalue weighted by Gasteiger charge is 2.11. The molecule has 2 rings (SSSR count). The molecule has 2 aromatic rings. The number of halogens is 1. The van der Waals surface area contributed by atoms with Gasteiger partial charge in [0.1, 0.15) is 5.82 Å². The third-order valence-electron chi connectivity index (χ3n) is 3.17. The molecule has 1 atom stereocenters. The molecule has 1 unspecified atom stereocenters. The van der Waals surface area contributed by atoms with Gasteiger partial charge < -0.3 is 11.1 Å². The minimum Gasteiger partial charge on any atom is -0.366 e. The highest BCUT2D eigenvalue weighted by molar-refractivity contribution is 7.99. The highest BCUT2D eigenvalue weighted by atomic mass is 35.5. The number of carbonyl (C=O) groups excluding carboxylic acids is 1. The SMILES string of the molecule is CCSc1ccc(C(C)Nc2ncc(C(N)=O)cc2Cl)cc1. The van der Waals surface area contributed by atoms with Crippen molar-refractivity contribution >= 4 is 35.1 Å². The van der Waals surface area contributed by atoms with E-state index >= 15 is 0 Å². The first-order valence-corrected chi connectivity index (χ1v) is 8.32. The van der Waals surface area contributed by atoms with Gasteiger partial charge in [0.25, 0.3) is 0 Å². The van der Waals surface area contributed by atoms with Crippen molar-refractivity contribution in [3.05, 3.63) is 52.7 Å². The lowest BCUT2D eigenvalue weighted by Gasteiger charge is -2.16. The molecule has 0 fully saturated rings.